The number of methoxy groups -OCH3 is 1. The molecule has 106 valence electrons. The lowest BCUT2D eigenvalue weighted by Crippen LogP contribution is -2.39. The van der Waals surface area contributed by atoms with Crippen LogP contribution >= 0.6 is 0 Å². The fourth-order valence-corrected chi connectivity index (χ4v) is 2.51. The van der Waals surface area contributed by atoms with Gasteiger partial charge in [-0.15, -0.1) is 0 Å². The smallest absolute Gasteiger partial charge is 0.225 e. The summed E-state index contributed by atoms with van der Waals surface area (Å²) in [5.41, 5.74) is 0. The molecule has 1 atom stereocenters. The summed E-state index contributed by atoms with van der Waals surface area (Å²) in [6, 6.07) is 0. The van der Waals surface area contributed by atoms with Crippen molar-refractivity contribution in [3.8, 4) is 5.75 Å². The Balaban J connectivity index is 2.00. The molecule has 5 nitrogen and oxygen atoms in total. The van der Waals surface area contributed by atoms with Crippen molar-refractivity contribution in [2.75, 3.05) is 38.2 Å². The molecule has 19 heavy (non-hydrogen) atoms. The second kappa shape index (κ2) is 7.28. The topological polar surface area (TPSA) is 50.3 Å². The zero-order valence-corrected chi connectivity index (χ0v) is 11.9. The van der Waals surface area contributed by atoms with Gasteiger partial charge in [-0.2, -0.15) is 0 Å². The maximum atomic E-state index is 5.11. The summed E-state index contributed by atoms with van der Waals surface area (Å²) in [4.78, 5) is 11.1. The van der Waals surface area contributed by atoms with Crippen LogP contribution in [0, 0.1) is 5.92 Å². The van der Waals surface area contributed by atoms with E-state index in [1.54, 1.807) is 19.5 Å². The van der Waals surface area contributed by atoms with Gasteiger partial charge in [0.25, 0.3) is 0 Å². The van der Waals surface area contributed by atoms with E-state index in [4.69, 9.17) is 4.74 Å². The molecule has 0 saturated carbocycles. The third kappa shape index (κ3) is 4.06. The molecule has 1 saturated heterocycles. The molecule has 0 spiro atoms. The summed E-state index contributed by atoms with van der Waals surface area (Å²) >= 11 is 0. The molecule has 2 rings (SSSR count). The average Bonchev–Trinajstić information content (AvgIpc) is 2.48. The first-order valence-corrected chi connectivity index (χ1v) is 7.15. The van der Waals surface area contributed by atoms with Crippen LogP contribution in [0.3, 0.4) is 0 Å². The van der Waals surface area contributed by atoms with Crippen molar-refractivity contribution in [2.24, 2.45) is 5.92 Å². The fourth-order valence-electron chi connectivity index (χ4n) is 2.51. The monoisotopic (exact) mass is 264 g/mol. The standard InChI is InChI=1S/C14H24N4O/c1-3-7-18(11-12-5-4-6-15-8-12)14-16-9-13(19-2)10-17-14/h9-10,12,15H,3-8,11H2,1-2H3. The molecule has 0 aromatic carbocycles. The van der Waals surface area contributed by atoms with Gasteiger partial charge in [0.05, 0.1) is 19.5 Å². The number of anilines is 1. The van der Waals surface area contributed by atoms with Crippen LogP contribution in [0.15, 0.2) is 12.4 Å². The van der Waals surface area contributed by atoms with Gasteiger partial charge in [0.1, 0.15) is 0 Å². The highest BCUT2D eigenvalue weighted by Crippen LogP contribution is 2.17. The van der Waals surface area contributed by atoms with Gasteiger partial charge >= 0.3 is 0 Å². The third-order valence-corrected chi connectivity index (χ3v) is 3.50. The van der Waals surface area contributed by atoms with E-state index >= 15 is 0 Å². The molecule has 1 fully saturated rings. The minimum Gasteiger partial charge on any atom is -0.494 e. The molecule has 1 unspecified atom stereocenters. The van der Waals surface area contributed by atoms with Crippen molar-refractivity contribution in [2.45, 2.75) is 26.2 Å². The average molecular weight is 264 g/mol. The van der Waals surface area contributed by atoms with E-state index in [0.717, 1.165) is 38.5 Å². The van der Waals surface area contributed by atoms with Gasteiger partial charge in [0, 0.05) is 13.1 Å². The summed E-state index contributed by atoms with van der Waals surface area (Å²) in [5, 5.41) is 3.46. The number of ether oxygens (including phenoxy) is 1. The summed E-state index contributed by atoms with van der Waals surface area (Å²) in [6.45, 7) is 6.49. The Morgan fingerprint density at radius 3 is 2.79 bits per heavy atom. The second-order valence-electron chi connectivity index (χ2n) is 5.08. The lowest BCUT2D eigenvalue weighted by atomic mass is 9.99. The first kappa shape index (κ1) is 14.1. The number of rotatable bonds is 6. The first-order valence-electron chi connectivity index (χ1n) is 7.15. The summed E-state index contributed by atoms with van der Waals surface area (Å²) < 4.78 is 5.11. The van der Waals surface area contributed by atoms with Gasteiger partial charge in [0.2, 0.25) is 5.95 Å². The fraction of sp³-hybridized carbons (Fsp3) is 0.714. The molecule has 2 heterocycles. The Morgan fingerprint density at radius 2 is 2.21 bits per heavy atom. The Kier molecular flexibility index (Phi) is 5.39. The van der Waals surface area contributed by atoms with Crippen LogP contribution in [-0.2, 0) is 0 Å². The van der Waals surface area contributed by atoms with Crippen molar-refractivity contribution in [3.63, 3.8) is 0 Å². The Hall–Kier alpha value is -1.36. The predicted molar refractivity (Wildman–Crippen MR) is 76.7 cm³/mol. The van der Waals surface area contributed by atoms with Gasteiger partial charge < -0.3 is 15.0 Å². The normalized spacial score (nSPS) is 19.2. The van der Waals surface area contributed by atoms with Crippen LogP contribution in [0.2, 0.25) is 0 Å². The molecule has 0 bridgehead atoms. The molecule has 0 aliphatic carbocycles. The number of nitrogens with one attached hydrogen (secondary N) is 1. The number of nitrogens with zero attached hydrogens (tertiary/aromatic N) is 3. The van der Waals surface area contributed by atoms with Crippen molar-refractivity contribution in [1.29, 1.82) is 0 Å². The van der Waals surface area contributed by atoms with E-state index in [2.05, 4.69) is 27.1 Å². The van der Waals surface area contributed by atoms with Crippen LogP contribution < -0.4 is 15.0 Å². The molecule has 0 amide bonds. The van der Waals surface area contributed by atoms with E-state index < -0.39 is 0 Å². The molecule has 1 aromatic rings. The SMILES string of the molecule is CCCN(CC1CCCNC1)c1ncc(OC)cn1. The molecule has 0 radical (unpaired) electrons. The molecule has 5 heteroatoms. The second-order valence-corrected chi connectivity index (χ2v) is 5.08. The van der Waals surface area contributed by atoms with Gasteiger partial charge in [-0.3, -0.25) is 0 Å². The van der Waals surface area contributed by atoms with E-state index in [1.807, 2.05) is 0 Å². The number of hydrogen-bond acceptors (Lipinski definition) is 5. The van der Waals surface area contributed by atoms with Gasteiger partial charge in [0.15, 0.2) is 5.75 Å². The van der Waals surface area contributed by atoms with E-state index in [9.17, 15) is 0 Å². The summed E-state index contributed by atoms with van der Waals surface area (Å²) in [6.07, 6.45) is 7.15. The molecule has 1 aromatic heterocycles. The Labute approximate surface area is 115 Å². The summed E-state index contributed by atoms with van der Waals surface area (Å²) in [7, 11) is 1.63. The largest absolute Gasteiger partial charge is 0.494 e. The maximum absolute atomic E-state index is 5.11. The minimum atomic E-state index is 0.700. The molecule has 1 N–H and O–H groups in total. The Morgan fingerprint density at radius 1 is 1.42 bits per heavy atom. The number of aromatic nitrogens is 2. The first-order chi connectivity index (χ1) is 9.33. The molecular formula is C14H24N4O. The minimum absolute atomic E-state index is 0.700. The van der Waals surface area contributed by atoms with Crippen LogP contribution in [0.4, 0.5) is 5.95 Å². The van der Waals surface area contributed by atoms with Crippen LogP contribution in [-0.4, -0.2) is 43.3 Å². The zero-order chi connectivity index (χ0) is 13.5. The van der Waals surface area contributed by atoms with Crippen molar-refractivity contribution in [3.05, 3.63) is 12.4 Å². The lowest BCUT2D eigenvalue weighted by molar-refractivity contribution is 0.374. The highest BCUT2D eigenvalue weighted by atomic mass is 16.5. The Bertz CT molecular complexity index is 362. The van der Waals surface area contributed by atoms with E-state index in [0.29, 0.717) is 11.7 Å². The van der Waals surface area contributed by atoms with Crippen LogP contribution in [0.1, 0.15) is 26.2 Å². The van der Waals surface area contributed by atoms with E-state index in [-0.39, 0.29) is 0 Å². The molecule has 1 aliphatic heterocycles. The quantitative estimate of drug-likeness (QED) is 0.847. The van der Waals surface area contributed by atoms with Crippen molar-refractivity contribution >= 4 is 5.95 Å². The van der Waals surface area contributed by atoms with Gasteiger partial charge in [-0.25, -0.2) is 9.97 Å². The highest BCUT2D eigenvalue weighted by molar-refractivity contribution is 5.31. The van der Waals surface area contributed by atoms with Crippen LogP contribution in [0.5, 0.6) is 5.75 Å². The number of hydrogen-bond donors (Lipinski definition) is 1. The highest BCUT2D eigenvalue weighted by Gasteiger charge is 2.18. The zero-order valence-electron chi connectivity index (χ0n) is 11.9. The predicted octanol–water partition coefficient (Wildman–Crippen LogP) is 1.70. The van der Waals surface area contributed by atoms with Gasteiger partial charge in [-0.1, -0.05) is 6.92 Å². The van der Waals surface area contributed by atoms with Crippen molar-refractivity contribution < 1.29 is 4.74 Å². The van der Waals surface area contributed by atoms with Gasteiger partial charge in [-0.05, 0) is 38.3 Å². The summed E-state index contributed by atoms with van der Waals surface area (Å²) in [5.74, 6) is 2.22. The maximum Gasteiger partial charge on any atom is 0.225 e. The third-order valence-electron chi connectivity index (χ3n) is 3.50. The molecular weight excluding hydrogens is 240 g/mol. The lowest BCUT2D eigenvalue weighted by Gasteiger charge is -2.30. The van der Waals surface area contributed by atoms with Crippen molar-refractivity contribution in [1.82, 2.24) is 15.3 Å². The van der Waals surface area contributed by atoms with Crippen LogP contribution in [0.25, 0.3) is 0 Å². The number of piperidine rings is 1. The molecule has 1 aliphatic rings. The van der Waals surface area contributed by atoms with E-state index in [1.165, 1.54) is 12.8 Å².